The summed E-state index contributed by atoms with van der Waals surface area (Å²) >= 11 is 0. The third-order valence-corrected chi connectivity index (χ3v) is 9.22. The number of ether oxygens (including phenoxy) is 1. The molecule has 0 N–H and O–H groups in total. The van der Waals surface area contributed by atoms with Crippen molar-refractivity contribution in [1.82, 2.24) is 19.6 Å². The van der Waals surface area contributed by atoms with E-state index in [1.807, 2.05) is 42.2 Å². The summed E-state index contributed by atoms with van der Waals surface area (Å²) in [5.41, 5.74) is 0.722. The Balaban J connectivity index is 1.22. The summed E-state index contributed by atoms with van der Waals surface area (Å²) in [6, 6.07) is 10.2. The van der Waals surface area contributed by atoms with E-state index in [0.29, 0.717) is 50.5 Å². The van der Waals surface area contributed by atoms with Crippen molar-refractivity contribution in [3.8, 4) is 0 Å². The van der Waals surface area contributed by atoms with Crippen LogP contribution in [0.5, 0.6) is 0 Å². The number of esters is 1. The number of rotatable bonds is 8. The van der Waals surface area contributed by atoms with E-state index in [-0.39, 0.29) is 23.8 Å². The van der Waals surface area contributed by atoms with Crippen LogP contribution in [-0.2, 0) is 14.3 Å². The molecule has 38 heavy (non-hydrogen) atoms. The zero-order valence-corrected chi connectivity index (χ0v) is 22.9. The summed E-state index contributed by atoms with van der Waals surface area (Å²) in [7, 11) is 0. The molecule has 0 radical (unpaired) electrons. The van der Waals surface area contributed by atoms with E-state index in [1.54, 1.807) is 0 Å². The number of piperazine rings is 1. The van der Waals surface area contributed by atoms with Gasteiger partial charge in [0.25, 0.3) is 5.91 Å². The lowest BCUT2D eigenvalue weighted by Gasteiger charge is -2.57. The number of nitrogens with zero attached hydrogens (tertiary/aromatic N) is 4. The largest absolute Gasteiger partial charge is 0.466 e. The molecular weight excluding hydrogens is 480 g/mol. The van der Waals surface area contributed by atoms with Gasteiger partial charge in [-0.05, 0) is 82.5 Å². The maximum absolute atomic E-state index is 13.8. The number of carbonyl (C=O) groups is 3. The Hall–Kier alpha value is -2.45. The Kier molecular flexibility index (Phi) is 9.00. The van der Waals surface area contributed by atoms with Crippen LogP contribution in [0.1, 0.15) is 62.2 Å². The van der Waals surface area contributed by atoms with E-state index in [4.69, 9.17) is 4.74 Å². The zero-order chi connectivity index (χ0) is 26.5. The number of likely N-dealkylation sites (tertiary alicyclic amines) is 1. The average molecular weight is 525 g/mol. The molecule has 0 aliphatic carbocycles. The second kappa shape index (κ2) is 12.6. The van der Waals surface area contributed by atoms with Crippen molar-refractivity contribution in [3.05, 3.63) is 35.9 Å². The number of hydrogen-bond donors (Lipinski definition) is 0. The highest BCUT2D eigenvalue weighted by Gasteiger charge is 2.49. The summed E-state index contributed by atoms with van der Waals surface area (Å²) < 4.78 is 5.16. The van der Waals surface area contributed by atoms with Gasteiger partial charge in [-0.15, -0.1) is 0 Å². The first-order valence-corrected chi connectivity index (χ1v) is 14.8. The van der Waals surface area contributed by atoms with E-state index in [0.717, 1.165) is 38.0 Å². The Labute approximate surface area is 227 Å². The van der Waals surface area contributed by atoms with E-state index in [2.05, 4.69) is 14.7 Å². The van der Waals surface area contributed by atoms with E-state index >= 15 is 0 Å². The highest BCUT2D eigenvalue weighted by Crippen LogP contribution is 2.43. The zero-order valence-electron chi connectivity index (χ0n) is 22.9. The minimum atomic E-state index is -0.134. The van der Waals surface area contributed by atoms with Crippen molar-refractivity contribution < 1.29 is 19.1 Å². The Morgan fingerprint density at radius 1 is 0.947 bits per heavy atom. The average Bonchev–Trinajstić information content (AvgIpc) is 2.95. The molecule has 1 aromatic rings. The van der Waals surface area contributed by atoms with Crippen LogP contribution in [0.25, 0.3) is 0 Å². The lowest BCUT2D eigenvalue weighted by Crippen LogP contribution is -2.66. The van der Waals surface area contributed by atoms with Crippen LogP contribution in [0, 0.1) is 11.8 Å². The Morgan fingerprint density at radius 2 is 1.68 bits per heavy atom. The first kappa shape index (κ1) is 27.1. The fourth-order valence-electron chi connectivity index (χ4n) is 7.49. The topological polar surface area (TPSA) is 73.4 Å². The van der Waals surface area contributed by atoms with Crippen molar-refractivity contribution >= 4 is 17.8 Å². The Bertz CT molecular complexity index is 962. The summed E-state index contributed by atoms with van der Waals surface area (Å²) in [5, 5.41) is 0. The minimum absolute atomic E-state index is 0.0689. The molecule has 2 amide bonds. The Morgan fingerprint density at radius 3 is 2.42 bits per heavy atom. The molecule has 0 bridgehead atoms. The van der Waals surface area contributed by atoms with Gasteiger partial charge in [0.15, 0.2) is 0 Å². The monoisotopic (exact) mass is 524 g/mol. The van der Waals surface area contributed by atoms with Gasteiger partial charge in [-0.25, -0.2) is 0 Å². The van der Waals surface area contributed by atoms with Gasteiger partial charge in [0.2, 0.25) is 5.91 Å². The van der Waals surface area contributed by atoms with Crippen molar-refractivity contribution in [1.29, 1.82) is 0 Å². The highest BCUT2D eigenvalue weighted by molar-refractivity contribution is 5.94. The van der Waals surface area contributed by atoms with Crippen molar-refractivity contribution in [3.63, 3.8) is 0 Å². The molecule has 5 rings (SSSR count). The second-order valence-corrected chi connectivity index (χ2v) is 11.5. The van der Waals surface area contributed by atoms with Crippen LogP contribution >= 0.6 is 0 Å². The maximum atomic E-state index is 13.8. The summed E-state index contributed by atoms with van der Waals surface area (Å²) in [6.07, 6.45) is 6.85. The molecule has 4 fully saturated rings. The van der Waals surface area contributed by atoms with Crippen LogP contribution in [0.15, 0.2) is 30.3 Å². The van der Waals surface area contributed by atoms with Gasteiger partial charge in [-0.1, -0.05) is 18.2 Å². The van der Waals surface area contributed by atoms with Crippen molar-refractivity contribution in [2.75, 3.05) is 59.0 Å². The fraction of sp³-hybridized carbons (Fsp3) is 0.700. The lowest BCUT2D eigenvalue weighted by atomic mass is 9.69. The predicted octanol–water partition coefficient (Wildman–Crippen LogP) is 2.88. The lowest BCUT2D eigenvalue weighted by molar-refractivity contribution is -0.148. The maximum Gasteiger partial charge on any atom is 0.305 e. The van der Waals surface area contributed by atoms with Gasteiger partial charge >= 0.3 is 5.97 Å². The third-order valence-electron chi connectivity index (χ3n) is 9.22. The molecule has 8 nitrogen and oxygen atoms in total. The molecule has 1 aromatic carbocycles. The molecule has 4 unspecified atom stereocenters. The molecule has 8 heteroatoms. The van der Waals surface area contributed by atoms with Gasteiger partial charge < -0.3 is 14.5 Å². The van der Waals surface area contributed by atoms with Crippen LogP contribution in [-0.4, -0.2) is 108 Å². The first-order valence-electron chi connectivity index (χ1n) is 14.8. The van der Waals surface area contributed by atoms with Crippen LogP contribution < -0.4 is 0 Å². The molecule has 0 spiro atoms. The molecule has 208 valence electrons. The summed E-state index contributed by atoms with van der Waals surface area (Å²) in [5.74, 6) is 1.20. The highest BCUT2D eigenvalue weighted by atomic mass is 16.5. The third kappa shape index (κ3) is 6.07. The molecule has 4 atom stereocenters. The number of amides is 2. The molecule has 4 aliphatic heterocycles. The molecule has 0 aromatic heterocycles. The molecule has 4 heterocycles. The SMILES string of the molecule is CCOC(=O)CCCC1C2CCCN3CCCC(CN1C(=O)CN1CCN(C(=O)c4ccccc4)CC1)C23. The smallest absolute Gasteiger partial charge is 0.305 e. The minimum Gasteiger partial charge on any atom is -0.466 e. The molecular formula is C30H44N4O4. The normalized spacial score (nSPS) is 28.0. The molecule has 0 saturated carbocycles. The van der Waals surface area contributed by atoms with Gasteiger partial charge in [0.05, 0.1) is 13.2 Å². The van der Waals surface area contributed by atoms with Gasteiger partial charge in [0.1, 0.15) is 0 Å². The van der Waals surface area contributed by atoms with E-state index < -0.39 is 0 Å². The van der Waals surface area contributed by atoms with Gasteiger partial charge in [-0.3, -0.25) is 24.2 Å². The number of piperidine rings is 3. The summed E-state index contributed by atoms with van der Waals surface area (Å²) in [6.45, 7) is 8.61. The first-order chi connectivity index (χ1) is 18.5. The van der Waals surface area contributed by atoms with Crippen LogP contribution in [0.3, 0.4) is 0 Å². The number of carbonyl (C=O) groups excluding carboxylic acids is 3. The van der Waals surface area contributed by atoms with Crippen molar-refractivity contribution in [2.24, 2.45) is 11.8 Å². The fourth-order valence-corrected chi connectivity index (χ4v) is 7.49. The van der Waals surface area contributed by atoms with Gasteiger partial charge in [0, 0.05) is 56.8 Å². The number of benzene rings is 1. The van der Waals surface area contributed by atoms with E-state index in [1.165, 1.54) is 38.8 Å². The second-order valence-electron chi connectivity index (χ2n) is 11.5. The van der Waals surface area contributed by atoms with Gasteiger partial charge in [-0.2, -0.15) is 0 Å². The quantitative estimate of drug-likeness (QED) is 0.487. The molecule has 4 saturated heterocycles. The predicted molar refractivity (Wildman–Crippen MR) is 146 cm³/mol. The van der Waals surface area contributed by atoms with Crippen LogP contribution in [0.4, 0.5) is 0 Å². The van der Waals surface area contributed by atoms with Crippen molar-refractivity contribution in [2.45, 2.75) is 64.0 Å². The standard InChI is InChI=1S/C30H44N4O4/c1-2-38-28(36)14-6-13-26-25-12-8-16-32-15-7-11-24(29(25)32)21-34(26)27(35)22-31-17-19-33(20-18-31)30(37)23-9-4-3-5-10-23/h3-5,9-10,24-26,29H,2,6-8,11-22H2,1H3. The van der Waals surface area contributed by atoms with E-state index in [9.17, 15) is 14.4 Å². The number of hydrogen-bond acceptors (Lipinski definition) is 6. The van der Waals surface area contributed by atoms with Crippen LogP contribution in [0.2, 0.25) is 0 Å². The molecule has 4 aliphatic rings. The summed E-state index contributed by atoms with van der Waals surface area (Å²) in [4.78, 5) is 47.7.